The Morgan fingerprint density at radius 2 is 1.95 bits per heavy atom. The first kappa shape index (κ1) is 15.5. The summed E-state index contributed by atoms with van der Waals surface area (Å²) in [5.74, 6) is -0.811. The molecule has 0 bridgehead atoms. The highest BCUT2D eigenvalue weighted by Crippen LogP contribution is 2.23. The zero-order chi connectivity index (χ0) is 15.2. The molecule has 1 aliphatic rings. The summed E-state index contributed by atoms with van der Waals surface area (Å²) >= 11 is 0. The number of carboxylic acids is 1. The van der Waals surface area contributed by atoms with Crippen LogP contribution in [0.5, 0.6) is 0 Å². The normalized spacial score (nSPS) is 18.5. The van der Waals surface area contributed by atoms with Crippen LogP contribution >= 0.6 is 0 Å². The Balaban J connectivity index is 2.08. The third-order valence-electron chi connectivity index (χ3n) is 4.02. The van der Waals surface area contributed by atoms with Gasteiger partial charge in [-0.3, -0.25) is 9.59 Å². The van der Waals surface area contributed by atoms with Crippen molar-refractivity contribution in [3.63, 3.8) is 0 Å². The topological polar surface area (TPSA) is 83.6 Å². The van der Waals surface area contributed by atoms with Crippen LogP contribution in [0.2, 0.25) is 0 Å². The number of nitrogens with two attached hydrogens (primary N) is 1. The lowest BCUT2D eigenvalue weighted by molar-refractivity contribution is -0.137. The minimum Gasteiger partial charge on any atom is -0.481 e. The molecule has 5 heteroatoms. The van der Waals surface area contributed by atoms with Crippen molar-refractivity contribution in [1.29, 1.82) is 0 Å². The Hall–Kier alpha value is -1.88. The Morgan fingerprint density at radius 1 is 1.24 bits per heavy atom. The monoisotopic (exact) mass is 290 g/mol. The van der Waals surface area contributed by atoms with E-state index in [1.165, 1.54) is 0 Å². The summed E-state index contributed by atoms with van der Waals surface area (Å²) < 4.78 is 0. The molecule has 1 fully saturated rings. The summed E-state index contributed by atoms with van der Waals surface area (Å²) in [5, 5.41) is 8.83. The van der Waals surface area contributed by atoms with Gasteiger partial charge in [-0.05, 0) is 43.4 Å². The SMILES string of the molecule is NCc1ccc(C(=O)N2CCCCC2CCC(=O)O)cc1. The van der Waals surface area contributed by atoms with E-state index in [4.69, 9.17) is 10.8 Å². The molecular weight excluding hydrogens is 268 g/mol. The predicted octanol–water partition coefficient (Wildman–Crippen LogP) is 2.00. The molecule has 0 radical (unpaired) electrons. The average Bonchev–Trinajstić information content (AvgIpc) is 2.52. The molecule has 1 unspecified atom stereocenters. The zero-order valence-corrected chi connectivity index (χ0v) is 12.1. The lowest BCUT2D eigenvalue weighted by atomic mass is 9.96. The van der Waals surface area contributed by atoms with E-state index < -0.39 is 5.97 Å². The molecule has 1 aromatic rings. The second kappa shape index (κ2) is 7.22. The molecular formula is C16H22N2O3. The van der Waals surface area contributed by atoms with Crippen molar-refractivity contribution in [3.05, 3.63) is 35.4 Å². The first-order valence-electron chi connectivity index (χ1n) is 7.43. The van der Waals surface area contributed by atoms with Gasteiger partial charge in [-0.2, -0.15) is 0 Å². The minimum absolute atomic E-state index is 0.00587. The number of hydrogen-bond acceptors (Lipinski definition) is 3. The number of piperidine rings is 1. The van der Waals surface area contributed by atoms with Crippen LogP contribution in [0.1, 0.15) is 48.0 Å². The van der Waals surface area contributed by atoms with Gasteiger partial charge >= 0.3 is 5.97 Å². The van der Waals surface area contributed by atoms with Gasteiger partial charge in [0.25, 0.3) is 5.91 Å². The summed E-state index contributed by atoms with van der Waals surface area (Å²) in [5.41, 5.74) is 7.20. The molecule has 1 heterocycles. The molecule has 2 rings (SSSR count). The largest absolute Gasteiger partial charge is 0.481 e. The van der Waals surface area contributed by atoms with Crippen molar-refractivity contribution in [2.75, 3.05) is 6.54 Å². The summed E-state index contributed by atoms with van der Waals surface area (Å²) in [6.45, 7) is 1.17. The standard InChI is InChI=1S/C16H22N2O3/c17-11-12-4-6-13(7-5-12)16(21)18-10-2-1-3-14(18)8-9-15(19)20/h4-7,14H,1-3,8-11,17H2,(H,19,20). The van der Waals surface area contributed by atoms with Crippen molar-refractivity contribution in [3.8, 4) is 0 Å². The molecule has 0 aliphatic carbocycles. The van der Waals surface area contributed by atoms with Crippen molar-refractivity contribution >= 4 is 11.9 Å². The van der Waals surface area contributed by atoms with Crippen molar-refractivity contribution in [2.45, 2.75) is 44.7 Å². The third-order valence-corrected chi connectivity index (χ3v) is 4.02. The number of rotatable bonds is 5. The number of amides is 1. The molecule has 0 aromatic heterocycles. The smallest absolute Gasteiger partial charge is 0.303 e. The van der Waals surface area contributed by atoms with Crippen LogP contribution in [0.3, 0.4) is 0 Å². The Bertz CT molecular complexity index is 499. The predicted molar refractivity (Wildman–Crippen MR) is 79.9 cm³/mol. The summed E-state index contributed by atoms with van der Waals surface area (Å²) in [4.78, 5) is 25.2. The summed E-state index contributed by atoms with van der Waals surface area (Å²) in [6.07, 6.45) is 3.57. The maximum Gasteiger partial charge on any atom is 0.303 e. The van der Waals surface area contributed by atoms with Crippen LogP contribution in [-0.4, -0.2) is 34.5 Å². The van der Waals surface area contributed by atoms with Gasteiger partial charge in [0.2, 0.25) is 0 Å². The van der Waals surface area contributed by atoms with E-state index in [1.54, 1.807) is 12.1 Å². The second-order valence-corrected chi connectivity index (χ2v) is 5.48. The van der Waals surface area contributed by atoms with E-state index in [2.05, 4.69) is 0 Å². The fraction of sp³-hybridized carbons (Fsp3) is 0.500. The van der Waals surface area contributed by atoms with Gasteiger partial charge in [0.1, 0.15) is 0 Å². The van der Waals surface area contributed by atoms with Crippen LogP contribution in [0.4, 0.5) is 0 Å². The Kier molecular flexibility index (Phi) is 5.33. The fourth-order valence-corrected chi connectivity index (χ4v) is 2.81. The highest BCUT2D eigenvalue weighted by Gasteiger charge is 2.27. The van der Waals surface area contributed by atoms with Gasteiger partial charge < -0.3 is 15.7 Å². The van der Waals surface area contributed by atoms with Gasteiger partial charge in [-0.1, -0.05) is 12.1 Å². The number of carboxylic acid groups (broad SMARTS) is 1. The fourth-order valence-electron chi connectivity index (χ4n) is 2.81. The van der Waals surface area contributed by atoms with Crippen LogP contribution in [-0.2, 0) is 11.3 Å². The molecule has 1 aliphatic heterocycles. The number of nitrogens with zero attached hydrogens (tertiary/aromatic N) is 1. The van der Waals surface area contributed by atoms with Crippen LogP contribution in [0.25, 0.3) is 0 Å². The van der Waals surface area contributed by atoms with Gasteiger partial charge in [0.15, 0.2) is 0 Å². The van der Waals surface area contributed by atoms with Crippen LogP contribution < -0.4 is 5.73 Å². The molecule has 0 saturated carbocycles. The first-order valence-corrected chi connectivity index (χ1v) is 7.43. The zero-order valence-electron chi connectivity index (χ0n) is 12.1. The minimum atomic E-state index is -0.805. The van der Waals surface area contributed by atoms with E-state index >= 15 is 0 Å². The van der Waals surface area contributed by atoms with Gasteiger partial charge in [-0.15, -0.1) is 0 Å². The molecule has 114 valence electrons. The highest BCUT2D eigenvalue weighted by atomic mass is 16.4. The van der Waals surface area contributed by atoms with Crippen LogP contribution in [0.15, 0.2) is 24.3 Å². The van der Waals surface area contributed by atoms with E-state index in [9.17, 15) is 9.59 Å². The molecule has 1 atom stereocenters. The molecule has 3 N–H and O–H groups in total. The van der Waals surface area contributed by atoms with Crippen LogP contribution in [0, 0.1) is 0 Å². The second-order valence-electron chi connectivity index (χ2n) is 5.48. The number of aliphatic carboxylic acids is 1. The van der Waals surface area contributed by atoms with Crippen molar-refractivity contribution < 1.29 is 14.7 Å². The molecule has 1 amide bonds. The number of hydrogen-bond donors (Lipinski definition) is 2. The molecule has 21 heavy (non-hydrogen) atoms. The Labute approximate surface area is 124 Å². The van der Waals surface area contributed by atoms with Crippen molar-refractivity contribution in [2.24, 2.45) is 5.73 Å². The maximum atomic E-state index is 12.6. The van der Waals surface area contributed by atoms with E-state index in [1.807, 2.05) is 17.0 Å². The van der Waals surface area contributed by atoms with Gasteiger partial charge in [0, 0.05) is 31.1 Å². The molecule has 1 saturated heterocycles. The highest BCUT2D eigenvalue weighted by molar-refractivity contribution is 5.94. The van der Waals surface area contributed by atoms with E-state index in [-0.39, 0.29) is 18.4 Å². The number of carbonyl (C=O) groups excluding carboxylic acids is 1. The molecule has 5 nitrogen and oxygen atoms in total. The number of carbonyl (C=O) groups is 2. The first-order chi connectivity index (χ1) is 10.1. The van der Waals surface area contributed by atoms with Gasteiger partial charge in [0.05, 0.1) is 0 Å². The Morgan fingerprint density at radius 3 is 2.57 bits per heavy atom. The van der Waals surface area contributed by atoms with E-state index in [0.717, 1.165) is 24.8 Å². The lowest BCUT2D eigenvalue weighted by Gasteiger charge is -2.35. The summed E-state index contributed by atoms with van der Waals surface area (Å²) in [7, 11) is 0. The van der Waals surface area contributed by atoms with Crippen molar-refractivity contribution in [1.82, 2.24) is 4.90 Å². The maximum absolute atomic E-state index is 12.6. The quantitative estimate of drug-likeness (QED) is 0.868. The average molecular weight is 290 g/mol. The molecule has 1 aromatic carbocycles. The lowest BCUT2D eigenvalue weighted by Crippen LogP contribution is -2.44. The molecule has 0 spiro atoms. The number of benzene rings is 1. The summed E-state index contributed by atoms with van der Waals surface area (Å²) in [6, 6.07) is 7.37. The van der Waals surface area contributed by atoms with Gasteiger partial charge in [-0.25, -0.2) is 0 Å². The van der Waals surface area contributed by atoms with E-state index in [0.29, 0.717) is 25.1 Å². The third kappa shape index (κ3) is 4.04. The number of likely N-dealkylation sites (tertiary alicyclic amines) is 1.